The first-order valence-corrected chi connectivity index (χ1v) is 6.37. The van der Waals surface area contributed by atoms with Gasteiger partial charge in [0.2, 0.25) is 5.91 Å². The van der Waals surface area contributed by atoms with Crippen LogP contribution in [-0.2, 0) is 4.79 Å². The maximum Gasteiger partial charge on any atom is 0.255 e. The van der Waals surface area contributed by atoms with Crippen molar-refractivity contribution in [2.45, 2.75) is 6.92 Å². The fourth-order valence-corrected chi connectivity index (χ4v) is 1.88. The molecular weight excluding hydrogens is 276 g/mol. The number of hydrogen-bond donors (Lipinski definition) is 2. The minimum atomic E-state index is -0.287. The molecule has 0 aromatic heterocycles. The van der Waals surface area contributed by atoms with Crippen molar-refractivity contribution in [1.82, 2.24) is 0 Å². The quantitative estimate of drug-likeness (QED) is 0.907. The molecule has 20 heavy (non-hydrogen) atoms. The molecule has 2 amide bonds. The maximum atomic E-state index is 12.1. The summed E-state index contributed by atoms with van der Waals surface area (Å²) in [5.74, 6) is -0.473. The van der Waals surface area contributed by atoms with Gasteiger partial charge in [-0.05, 0) is 30.3 Å². The van der Waals surface area contributed by atoms with Crippen LogP contribution >= 0.6 is 11.6 Å². The maximum absolute atomic E-state index is 12.1. The number of hydrogen-bond acceptors (Lipinski definition) is 2. The Kier molecular flexibility index (Phi) is 4.38. The van der Waals surface area contributed by atoms with Crippen LogP contribution in [0.25, 0.3) is 0 Å². The molecule has 0 fully saturated rings. The van der Waals surface area contributed by atoms with E-state index in [4.69, 9.17) is 11.6 Å². The molecule has 4 nitrogen and oxygen atoms in total. The summed E-state index contributed by atoms with van der Waals surface area (Å²) in [7, 11) is 0. The van der Waals surface area contributed by atoms with Crippen LogP contribution in [0.1, 0.15) is 17.3 Å². The number of carbonyl (C=O) groups is 2. The normalized spacial score (nSPS) is 9.90. The summed E-state index contributed by atoms with van der Waals surface area (Å²) in [5, 5.41) is 5.82. The predicted octanol–water partition coefficient (Wildman–Crippen LogP) is 3.55. The van der Waals surface area contributed by atoms with Crippen molar-refractivity contribution in [3.63, 3.8) is 0 Å². The third kappa shape index (κ3) is 3.59. The summed E-state index contributed by atoms with van der Waals surface area (Å²) in [6, 6.07) is 13.7. The molecule has 0 atom stereocenters. The fourth-order valence-electron chi connectivity index (χ4n) is 1.70. The van der Waals surface area contributed by atoms with Crippen molar-refractivity contribution < 1.29 is 9.59 Å². The number of halogens is 1. The summed E-state index contributed by atoms with van der Waals surface area (Å²) in [6.07, 6.45) is 0. The van der Waals surface area contributed by atoms with Crippen LogP contribution < -0.4 is 10.6 Å². The molecule has 2 aromatic rings. The standard InChI is InChI=1S/C15H13ClN2O2/c1-10(19)17-12-6-4-5-11(9-12)15(20)18-14-8-3-2-7-13(14)16/h2-9H,1H3,(H,17,19)(H,18,20). The Hall–Kier alpha value is -2.33. The predicted molar refractivity (Wildman–Crippen MR) is 80.2 cm³/mol. The van der Waals surface area contributed by atoms with E-state index in [9.17, 15) is 9.59 Å². The lowest BCUT2D eigenvalue weighted by molar-refractivity contribution is -0.114. The van der Waals surface area contributed by atoms with Gasteiger partial charge < -0.3 is 10.6 Å². The zero-order valence-electron chi connectivity index (χ0n) is 10.8. The molecule has 2 N–H and O–H groups in total. The minimum Gasteiger partial charge on any atom is -0.326 e. The van der Waals surface area contributed by atoms with Crippen molar-refractivity contribution >= 4 is 34.8 Å². The molecule has 0 saturated carbocycles. The lowest BCUT2D eigenvalue weighted by Crippen LogP contribution is -2.13. The Morgan fingerprint density at radius 3 is 2.45 bits per heavy atom. The highest BCUT2D eigenvalue weighted by atomic mass is 35.5. The molecule has 0 heterocycles. The van der Waals surface area contributed by atoms with Crippen LogP contribution in [0.15, 0.2) is 48.5 Å². The van der Waals surface area contributed by atoms with Crippen LogP contribution in [0, 0.1) is 0 Å². The van der Waals surface area contributed by atoms with E-state index >= 15 is 0 Å². The third-order valence-corrected chi connectivity index (χ3v) is 2.90. The van der Waals surface area contributed by atoms with Crippen molar-refractivity contribution in [1.29, 1.82) is 0 Å². The molecular formula is C15H13ClN2O2. The molecule has 102 valence electrons. The molecule has 0 unspecified atom stereocenters. The second-order valence-electron chi connectivity index (χ2n) is 4.20. The van der Waals surface area contributed by atoms with E-state index in [1.165, 1.54) is 6.92 Å². The van der Waals surface area contributed by atoms with E-state index in [0.717, 1.165) is 0 Å². The summed E-state index contributed by atoms with van der Waals surface area (Å²) < 4.78 is 0. The average Bonchev–Trinajstić information content (AvgIpc) is 2.41. The lowest BCUT2D eigenvalue weighted by atomic mass is 10.2. The van der Waals surface area contributed by atoms with Gasteiger partial charge in [0.25, 0.3) is 5.91 Å². The average molecular weight is 289 g/mol. The first-order chi connectivity index (χ1) is 9.56. The van der Waals surface area contributed by atoms with E-state index in [0.29, 0.717) is 22.0 Å². The van der Waals surface area contributed by atoms with E-state index < -0.39 is 0 Å². The van der Waals surface area contributed by atoms with Gasteiger partial charge in [0.05, 0.1) is 10.7 Å². The Balaban J connectivity index is 2.17. The second kappa shape index (κ2) is 6.21. The topological polar surface area (TPSA) is 58.2 Å². The second-order valence-corrected chi connectivity index (χ2v) is 4.60. The number of anilines is 2. The van der Waals surface area contributed by atoms with Gasteiger partial charge in [0, 0.05) is 18.2 Å². The minimum absolute atomic E-state index is 0.186. The lowest BCUT2D eigenvalue weighted by Gasteiger charge is -2.08. The number of carbonyl (C=O) groups excluding carboxylic acids is 2. The van der Waals surface area contributed by atoms with Gasteiger partial charge in [-0.1, -0.05) is 29.8 Å². The Labute approximate surface area is 121 Å². The Bertz CT molecular complexity index is 656. The SMILES string of the molecule is CC(=O)Nc1cccc(C(=O)Nc2ccccc2Cl)c1. The molecule has 0 radical (unpaired) electrons. The van der Waals surface area contributed by atoms with Gasteiger partial charge in [-0.3, -0.25) is 9.59 Å². The van der Waals surface area contributed by atoms with Crippen molar-refractivity contribution in [3.05, 3.63) is 59.1 Å². The molecule has 0 saturated heterocycles. The van der Waals surface area contributed by atoms with Gasteiger partial charge in [0.1, 0.15) is 0 Å². The van der Waals surface area contributed by atoms with Gasteiger partial charge >= 0.3 is 0 Å². The molecule has 0 aliphatic heterocycles. The molecule has 0 aliphatic rings. The third-order valence-electron chi connectivity index (χ3n) is 2.57. The van der Waals surface area contributed by atoms with E-state index in [1.54, 1.807) is 48.5 Å². The summed E-state index contributed by atoms with van der Waals surface area (Å²) in [6.45, 7) is 1.41. The van der Waals surface area contributed by atoms with Gasteiger partial charge in [-0.2, -0.15) is 0 Å². The van der Waals surface area contributed by atoms with E-state index in [-0.39, 0.29) is 11.8 Å². The fraction of sp³-hybridized carbons (Fsp3) is 0.0667. The zero-order valence-corrected chi connectivity index (χ0v) is 11.6. The summed E-state index contributed by atoms with van der Waals surface area (Å²) >= 11 is 5.98. The summed E-state index contributed by atoms with van der Waals surface area (Å²) in [4.78, 5) is 23.1. The number of benzene rings is 2. The van der Waals surface area contributed by atoms with Crippen molar-refractivity contribution in [2.75, 3.05) is 10.6 Å². The highest BCUT2D eigenvalue weighted by molar-refractivity contribution is 6.33. The van der Waals surface area contributed by atoms with Gasteiger partial charge in [0.15, 0.2) is 0 Å². The van der Waals surface area contributed by atoms with Crippen LogP contribution in [0.5, 0.6) is 0 Å². The first kappa shape index (κ1) is 14.1. The van der Waals surface area contributed by atoms with E-state index in [2.05, 4.69) is 10.6 Å². The Morgan fingerprint density at radius 2 is 1.75 bits per heavy atom. The van der Waals surface area contributed by atoms with Gasteiger partial charge in [-0.25, -0.2) is 0 Å². The van der Waals surface area contributed by atoms with Gasteiger partial charge in [-0.15, -0.1) is 0 Å². The van der Waals surface area contributed by atoms with Crippen LogP contribution in [-0.4, -0.2) is 11.8 Å². The zero-order chi connectivity index (χ0) is 14.5. The smallest absolute Gasteiger partial charge is 0.255 e. The van der Waals surface area contributed by atoms with Crippen molar-refractivity contribution in [3.8, 4) is 0 Å². The molecule has 2 aromatic carbocycles. The monoisotopic (exact) mass is 288 g/mol. The highest BCUT2D eigenvalue weighted by Crippen LogP contribution is 2.21. The Morgan fingerprint density at radius 1 is 1.00 bits per heavy atom. The number of nitrogens with one attached hydrogen (secondary N) is 2. The highest BCUT2D eigenvalue weighted by Gasteiger charge is 2.09. The molecule has 0 bridgehead atoms. The number of rotatable bonds is 3. The number of para-hydroxylation sites is 1. The van der Waals surface area contributed by atoms with Crippen LogP contribution in [0.4, 0.5) is 11.4 Å². The number of amides is 2. The molecule has 2 rings (SSSR count). The summed E-state index contributed by atoms with van der Waals surface area (Å²) in [5.41, 5.74) is 1.56. The first-order valence-electron chi connectivity index (χ1n) is 6.00. The molecule has 0 aliphatic carbocycles. The largest absolute Gasteiger partial charge is 0.326 e. The van der Waals surface area contributed by atoms with Crippen LogP contribution in [0.2, 0.25) is 5.02 Å². The van der Waals surface area contributed by atoms with E-state index in [1.807, 2.05) is 0 Å². The molecule has 5 heteroatoms. The van der Waals surface area contributed by atoms with Crippen molar-refractivity contribution in [2.24, 2.45) is 0 Å². The van der Waals surface area contributed by atoms with Crippen LogP contribution in [0.3, 0.4) is 0 Å². The molecule has 0 spiro atoms.